The van der Waals surface area contributed by atoms with Crippen molar-refractivity contribution in [1.82, 2.24) is 5.32 Å². The van der Waals surface area contributed by atoms with Gasteiger partial charge in [-0.2, -0.15) is 13.2 Å². The quantitative estimate of drug-likeness (QED) is 0.718. The van der Waals surface area contributed by atoms with Crippen molar-refractivity contribution in [2.75, 3.05) is 13.1 Å². The highest BCUT2D eigenvalue weighted by Gasteiger charge is 2.34. The predicted molar refractivity (Wildman–Crippen MR) is 60.2 cm³/mol. The molecule has 0 aliphatic heterocycles. The van der Waals surface area contributed by atoms with Crippen LogP contribution in [0, 0.1) is 5.92 Å². The molecule has 2 atom stereocenters. The van der Waals surface area contributed by atoms with Crippen molar-refractivity contribution in [1.29, 1.82) is 0 Å². The van der Waals surface area contributed by atoms with Gasteiger partial charge >= 0.3 is 6.18 Å². The van der Waals surface area contributed by atoms with Gasteiger partial charge in [0.05, 0.1) is 6.54 Å². The molecule has 0 amide bonds. The fourth-order valence-corrected chi connectivity index (χ4v) is 1.74. The molecule has 2 nitrogen and oxygen atoms in total. The predicted octanol–water partition coefficient (Wildman–Crippen LogP) is 2.68. The third kappa shape index (κ3) is 5.70. The molecule has 0 radical (unpaired) electrons. The van der Waals surface area contributed by atoms with E-state index in [0.29, 0.717) is 18.8 Å². The molecule has 0 rings (SSSR count). The normalized spacial score (nSPS) is 18.2. The first-order valence-corrected chi connectivity index (χ1v) is 5.80. The largest absolute Gasteiger partial charge is 0.401 e. The third-order valence-electron chi connectivity index (χ3n) is 3.17. The highest BCUT2D eigenvalue weighted by molar-refractivity contribution is 4.89. The number of nitrogens with two attached hydrogens (primary N) is 1. The Balaban J connectivity index is 4.43. The Morgan fingerprint density at radius 2 is 1.81 bits per heavy atom. The fraction of sp³-hybridized carbons (Fsp3) is 1.00. The SMILES string of the molecule is CCC(C)CC(CC)(CN)NCC(F)(F)F. The highest BCUT2D eigenvalue weighted by Crippen LogP contribution is 2.23. The van der Waals surface area contributed by atoms with Gasteiger partial charge in [0.15, 0.2) is 0 Å². The van der Waals surface area contributed by atoms with Crippen LogP contribution in [-0.4, -0.2) is 24.8 Å². The topological polar surface area (TPSA) is 38.0 Å². The smallest absolute Gasteiger partial charge is 0.329 e. The summed E-state index contributed by atoms with van der Waals surface area (Å²) in [6.45, 7) is 5.22. The lowest BCUT2D eigenvalue weighted by Gasteiger charge is -2.35. The van der Waals surface area contributed by atoms with Crippen LogP contribution in [-0.2, 0) is 0 Å². The number of hydrogen-bond donors (Lipinski definition) is 2. The molecular formula is C11H23F3N2. The number of rotatable bonds is 7. The first-order chi connectivity index (χ1) is 7.28. The molecule has 0 aliphatic rings. The Kier molecular flexibility index (Phi) is 6.33. The molecular weight excluding hydrogens is 217 g/mol. The van der Waals surface area contributed by atoms with E-state index in [4.69, 9.17) is 5.73 Å². The van der Waals surface area contributed by atoms with Crippen molar-refractivity contribution in [3.8, 4) is 0 Å². The van der Waals surface area contributed by atoms with E-state index in [0.717, 1.165) is 6.42 Å². The van der Waals surface area contributed by atoms with Gasteiger partial charge in [0.2, 0.25) is 0 Å². The van der Waals surface area contributed by atoms with Gasteiger partial charge in [0, 0.05) is 12.1 Å². The third-order valence-corrected chi connectivity index (χ3v) is 3.17. The van der Waals surface area contributed by atoms with E-state index < -0.39 is 18.3 Å². The minimum atomic E-state index is -4.18. The molecule has 0 fully saturated rings. The molecule has 0 bridgehead atoms. The molecule has 98 valence electrons. The van der Waals surface area contributed by atoms with Gasteiger partial charge in [-0.3, -0.25) is 0 Å². The molecule has 0 aliphatic carbocycles. The Hall–Kier alpha value is -0.290. The molecule has 5 heteroatoms. The average molecular weight is 240 g/mol. The molecule has 0 aromatic heterocycles. The molecule has 0 spiro atoms. The molecule has 0 aromatic carbocycles. The zero-order valence-corrected chi connectivity index (χ0v) is 10.3. The van der Waals surface area contributed by atoms with Gasteiger partial charge in [-0.1, -0.05) is 27.2 Å². The van der Waals surface area contributed by atoms with Crippen LogP contribution < -0.4 is 11.1 Å². The maximum Gasteiger partial charge on any atom is 0.401 e. The van der Waals surface area contributed by atoms with E-state index in [-0.39, 0.29) is 6.54 Å². The standard InChI is InChI=1S/C11H23F3N2/c1-4-9(3)6-10(5-2,7-15)16-8-11(12,13)14/h9,16H,4-8,15H2,1-3H3. The maximum atomic E-state index is 12.2. The van der Waals surface area contributed by atoms with Crippen LogP contribution in [0.3, 0.4) is 0 Å². The average Bonchev–Trinajstić information content (AvgIpc) is 2.23. The zero-order chi connectivity index (χ0) is 12.8. The van der Waals surface area contributed by atoms with E-state index in [1.807, 2.05) is 20.8 Å². The summed E-state index contributed by atoms with van der Waals surface area (Å²) in [5.41, 5.74) is 5.04. The summed E-state index contributed by atoms with van der Waals surface area (Å²) in [6, 6.07) is 0. The second-order valence-electron chi connectivity index (χ2n) is 4.52. The van der Waals surface area contributed by atoms with E-state index in [1.165, 1.54) is 0 Å². The lowest BCUT2D eigenvalue weighted by molar-refractivity contribution is -0.129. The Labute approximate surface area is 95.8 Å². The highest BCUT2D eigenvalue weighted by atomic mass is 19.4. The lowest BCUT2D eigenvalue weighted by Crippen LogP contribution is -2.54. The monoisotopic (exact) mass is 240 g/mol. The minimum Gasteiger partial charge on any atom is -0.329 e. The lowest BCUT2D eigenvalue weighted by atomic mass is 9.84. The van der Waals surface area contributed by atoms with Crippen LogP contribution in [0.2, 0.25) is 0 Å². The van der Waals surface area contributed by atoms with E-state index in [9.17, 15) is 13.2 Å². The van der Waals surface area contributed by atoms with E-state index >= 15 is 0 Å². The molecule has 0 aromatic rings. The van der Waals surface area contributed by atoms with Crippen LogP contribution >= 0.6 is 0 Å². The summed E-state index contributed by atoms with van der Waals surface area (Å²) in [5.74, 6) is 0.379. The van der Waals surface area contributed by atoms with Crippen molar-refractivity contribution >= 4 is 0 Å². The molecule has 16 heavy (non-hydrogen) atoms. The summed E-state index contributed by atoms with van der Waals surface area (Å²) < 4.78 is 36.5. The summed E-state index contributed by atoms with van der Waals surface area (Å²) in [4.78, 5) is 0. The molecule has 2 unspecified atom stereocenters. The van der Waals surface area contributed by atoms with Crippen LogP contribution in [0.5, 0.6) is 0 Å². The summed E-state index contributed by atoms with van der Waals surface area (Å²) >= 11 is 0. The van der Waals surface area contributed by atoms with Crippen molar-refractivity contribution < 1.29 is 13.2 Å². The van der Waals surface area contributed by atoms with Gasteiger partial charge in [-0.05, 0) is 18.8 Å². The van der Waals surface area contributed by atoms with Crippen molar-refractivity contribution in [2.45, 2.75) is 51.7 Å². The van der Waals surface area contributed by atoms with Gasteiger partial charge < -0.3 is 11.1 Å². The molecule has 3 N–H and O–H groups in total. The van der Waals surface area contributed by atoms with Crippen molar-refractivity contribution in [2.24, 2.45) is 11.7 Å². The Morgan fingerprint density at radius 1 is 1.25 bits per heavy atom. The zero-order valence-electron chi connectivity index (χ0n) is 10.3. The minimum absolute atomic E-state index is 0.240. The van der Waals surface area contributed by atoms with Crippen LogP contribution in [0.1, 0.15) is 40.0 Å². The first-order valence-electron chi connectivity index (χ1n) is 5.80. The molecule has 0 saturated carbocycles. The van der Waals surface area contributed by atoms with Gasteiger partial charge in [0.25, 0.3) is 0 Å². The van der Waals surface area contributed by atoms with Gasteiger partial charge in [0.1, 0.15) is 0 Å². The molecule has 0 saturated heterocycles. The summed E-state index contributed by atoms with van der Waals surface area (Å²) in [5, 5.41) is 2.59. The van der Waals surface area contributed by atoms with Crippen LogP contribution in [0.4, 0.5) is 13.2 Å². The van der Waals surface area contributed by atoms with Gasteiger partial charge in [-0.25, -0.2) is 0 Å². The fourth-order valence-electron chi connectivity index (χ4n) is 1.74. The summed E-state index contributed by atoms with van der Waals surface area (Å²) in [7, 11) is 0. The first kappa shape index (κ1) is 15.7. The Morgan fingerprint density at radius 3 is 2.12 bits per heavy atom. The second-order valence-corrected chi connectivity index (χ2v) is 4.52. The maximum absolute atomic E-state index is 12.2. The number of halogens is 3. The van der Waals surface area contributed by atoms with Crippen LogP contribution in [0.25, 0.3) is 0 Å². The number of alkyl halides is 3. The second kappa shape index (κ2) is 6.45. The Bertz CT molecular complexity index is 188. The van der Waals surface area contributed by atoms with Crippen LogP contribution in [0.15, 0.2) is 0 Å². The number of nitrogens with one attached hydrogen (secondary N) is 1. The van der Waals surface area contributed by atoms with E-state index in [2.05, 4.69) is 5.32 Å². The van der Waals surface area contributed by atoms with Gasteiger partial charge in [-0.15, -0.1) is 0 Å². The summed E-state index contributed by atoms with van der Waals surface area (Å²) in [6.07, 6.45) is -1.92. The van der Waals surface area contributed by atoms with E-state index in [1.54, 1.807) is 0 Å². The molecule has 0 heterocycles. The van der Waals surface area contributed by atoms with Crippen molar-refractivity contribution in [3.63, 3.8) is 0 Å². The number of hydrogen-bond acceptors (Lipinski definition) is 2. The van der Waals surface area contributed by atoms with Crippen molar-refractivity contribution in [3.05, 3.63) is 0 Å².